The third-order valence-electron chi connectivity index (χ3n) is 5.64. The van der Waals surface area contributed by atoms with Crippen LogP contribution in [0.15, 0.2) is 35.1 Å². The molecule has 0 saturated carbocycles. The summed E-state index contributed by atoms with van der Waals surface area (Å²) < 4.78 is 39.9. The second-order valence-electron chi connectivity index (χ2n) is 7.59. The molecule has 3 aromatic rings. The van der Waals surface area contributed by atoms with Crippen LogP contribution >= 0.6 is 0 Å². The molecule has 2 fully saturated rings. The largest absolute Gasteiger partial charge is 0.507 e. The van der Waals surface area contributed by atoms with Crippen molar-refractivity contribution in [3.63, 3.8) is 0 Å². The second-order valence-corrected chi connectivity index (χ2v) is 7.59. The summed E-state index contributed by atoms with van der Waals surface area (Å²) in [6, 6.07) is 5.45. The van der Waals surface area contributed by atoms with Gasteiger partial charge in [0, 0.05) is 30.1 Å². The molecule has 0 unspecified atom stereocenters. The van der Waals surface area contributed by atoms with Crippen molar-refractivity contribution in [2.45, 2.75) is 50.0 Å². The zero-order chi connectivity index (χ0) is 20.7. The summed E-state index contributed by atoms with van der Waals surface area (Å²) >= 11 is 0. The number of rotatable bonds is 4. The predicted octanol–water partition coefficient (Wildman–Crippen LogP) is 3.04. The van der Waals surface area contributed by atoms with Gasteiger partial charge in [-0.05, 0) is 31.0 Å². The van der Waals surface area contributed by atoms with Crippen LogP contribution in [0, 0.1) is 5.82 Å². The SMILES string of the molecule is Oc1cc(-c2nnco2)c(F)cc1-c1ccc(O[C@@H]2C[C@H]3CCC[C@H](N3)[C@@H]2F)nn1. The van der Waals surface area contributed by atoms with Crippen molar-refractivity contribution in [1.82, 2.24) is 25.7 Å². The van der Waals surface area contributed by atoms with Crippen LogP contribution in [-0.4, -0.2) is 49.9 Å². The molecule has 5 rings (SSSR count). The van der Waals surface area contributed by atoms with Crippen molar-refractivity contribution < 1.29 is 23.0 Å². The molecule has 2 aliphatic rings. The van der Waals surface area contributed by atoms with E-state index in [1.54, 1.807) is 6.07 Å². The van der Waals surface area contributed by atoms with Gasteiger partial charge in [-0.3, -0.25) is 0 Å². The van der Waals surface area contributed by atoms with Crippen LogP contribution in [0.25, 0.3) is 22.7 Å². The van der Waals surface area contributed by atoms with Gasteiger partial charge in [0.1, 0.15) is 17.7 Å². The molecule has 2 saturated heterocycles. The summed E-state index contributed by atoms with van der Waals surface area (Å²) in [5, 5.41) is 28.8. The van der Waals surface area contributed by atoms with E-state index >= 15 is 0 Å². The van der Waals surface area contributed by atoms with Crippen molar-refractivity contribution in [2.24, 2.45) is 0 Å². The van der Waals surface area contributed by atoms with Gasteiger partial charge in [-0.15, -0.1) is 20.4 Å². The Bertz CT molecular complexity index is 1030. The molecule has 0 radical (unpaired) electrons. The van der Waals surface area contributed by atoms with Crippen molar-refractivity contribution in [3.8, 4) is 34.3 Å². The van der Waals surface area contributed by atoms with Crippen LogP contribution in [0.5, 0.6) is 11.6 Å². The van der Waals surface area contributed by atoms with Gasteiger partial charge in [0.15, 0.2) is 6.17 Å². The summed E-state index contributed by atoms with van der Waals surface area (Å²) in [5.74, 6) is -0.733. The molecule has 156 valence electrons. The Labute approximate surface area is 170 Å². The number of alkyl halides is 1. The van der Waals surface area contributed by atoms with Gasteiger partial charge in [0.05, 0.1) is 11.3 Å². The monoisotopic (exact) mass is 415 g/mol. The van der Waals surface area contributed by atoms with Crippen LogP contribution in [0.2, 0.25) is 0 Å². The van der Waals surface area contributed by atoms with E-state index in [0.717, 1.165) is 31.7 Å². The van der Waals surface area contributed by atoms with Crippen LogP contribution in [0.3, 0.4) is 0 Å². The molecule has 4 atom stereocenters. The fourth-order valence-electron chi connectivity index (χ4n) is 4.18. The quantitative estimate of drug-likeness (QED) is 0.670. The number of phenolic OH excluding ortho intramolecular Hbond substituents is 1. The number of aromatic nitrogens is 4. The first-order chi connectivity index (χ1) is 14.6. The summed E-state index contributed by atoms with van der Waals surface area (Å²) in [7, 11) is 0. The molecule has 2 aliphatic heterocycles. The molecular formula is C20H19F2N5O3. The highest BCUT2D eigenvalue weighted by Gasteiger charge is 2.41. The Morgan fingerprint density at radius 1 is 1.13 bits per heavy atom. The Morgan fingerprint density at radius 2 is 2.03 bits per heavy atom. The Kier molecular flexibility index (Phi) is 4.78. The molecule has 0 amide bonds. The first-order valence-electron chi connectivity index (χ1n) is 9.78. The fraction of sp³-hybridized carbons (Fsp3) is 0.400. The Morgan fingerprint density at radius 3 is 2.80 bits per heavy atom. The van der Waals surface area contributed by atoms with Crippen molar-refractivity contribution >= 4 is 0 Å². The highest BCUT2D eigenvalue weighted by Crippen LogP contribution is 2.35. The average molecular weight is 415 g/mol. The van der Waals surface area contributed by atoms with E-state index in [1.165, 1.54) is 12.1 Å². The number of phenols is 1. The molecular weight excluding hydrogens is 396 g/mol. The van der Waals surface area contributed by atoms with Crippen molar-refractivity contribution in [2.75, 3.05) is 0 Å². The number of nitrogens with one attached hydrogen (secondary N) is 1. The lowest BCUT2D eigenvalue weighted by Crippen LogP contribution is -2.59. The first kappa shape index (κ1) is 18.9. The maximum absolute atomic E-state index is 14.7. The molecule has 8 nitrogen and oxygen atoms in total. The van der Waals surface area contributed by atoms with Crippen molar-refractivity contribution in [3.05, 3.63) is 36.5 Å². The number of piperidine rings is 2. The van der Waals surface area contributed by atoms with Gasteiger partial charge in [0.2, 0.25) is 12.3 Å². The number of hydrogen-bond donors (Lipinski definition) is 2. The number of halogens is 2. The lowest BCUT2D eigenvalue weighted by atomic mass is 9.84. The lowest BCUT2D eigenvalue weighted by molar-refractivity contribution is 0.00652. The van der Waals surface area contributed by atoms with Gasteiger partial charge in [0.25, 0.3) is 5.89 Å². The minimum atomic E-state index is -1.11. The third-order valence-corrected chi connectivity index (χ3v) is 5.64. The van der Waals surface area contributed by atoms with E-state index in [1.807, 2.05) is 0 Å². The van der Waals surface area contributed by atoms with Crippen LogP contribution in [0.1, 0.15) is 25.7 Å². The highest BCUT2D eigenvalue weighted by atomic mass is 19.1. The van der Waals surface area contributed by atoms with Gasteiger partial charge in [-0.2, -0.15) is 0 Å². The summed E-state index contributed by atoms with van der Waals surface area (Å²) in [4.78, 5) is 0. The van der Waals surface area contributed by atoms with Crippen molar-refractivity contribution in [1.29, 1.82) is 0 Å². The van der Waals surface area contributed by atoms with E-state index in [4.69, 9.17) is 9.15 Å². The molecule has 2 aromatic heterocycles. The van der Waals surface area contributed by atoms with Crippen LogP contribution in [-0.2, 0) is 0 Å². The molecule has 10 heteroatoms. The second kappa shape index (κ2) is 7.60. The van der Waals surface area contributed by atoms with Gasteiger partial charge < -0.3 is 19.6 Å². The maximum atomic E-state index is 14.7. The minimum Gasteiger partial charge on any atom is -0.507 e. The number of aromatic hydroxyl groups is 1. The average Bonchev–Trinajstić information content (AvgIpc) is 3.29. The van der Waals surface area contributed by atoms with Crippen LogP contribution in [0.4, 0.5) is 8.78 Å². The maximum Gasteiger partial charge on any atom is 0.250 e. The van der Waals surface area contributed by atoms with E-state index in [-0.39, 0.29) is 46.4 Å². The standard InChI is InChI=1S/C20H19F2N5O3/c21-13-7-12(16(28)8-11(13)20-27-23-9-29-20)14-4-5-18(26-25-14)30-17-6-10-2-1-3-15(24-10)19(17)22/h4-5,7-10,15,17,19,24,28H,1-3,6H2/t10-,15+,17-,19+/m1/s1. The zero-order valence-electron chi connectivity index (χ0n) is 15.8. The summed E-state index contributed by atoms with van der Waals surface area (Å²) in [6.07, 6.45) is 2.78. The Balaban J connectivity index is 1.35. The predicted molar refractivity (Wildman–Crippen MR) is 101 cm³/mol. The minimum absolute atomic E-state index is 0.0212. The number of fused-ring (bicyclic) bond motifs is 2. The zero-order valence-corrected chi connectivity index (χ0v) is 15.8. The van der Waals surface area contributed by atoms with E-state index in [0.29, 0.717) is 6.42 Å². The Hall–Kier alpha value is -3.14. The summed E-state index contributed by atoms with van der Waals surface area (Å²) in [6.45, 7) is 0. The molecule has 30 heavy (non-hydrogen) atoms. The molecule has 4 heterocycles. The third kappa shape index (κ3) is 3.47. The number of ether oxygens (including phenoxy) is 1. The smallest absolute Gasteiger partial charge is 0.250 e. The van der Waals surface area contributed by atoms with E-state index in [2.05, 4.69) is 25.7 Å². The highest BCUT2D eigenvalue weighted by molar-refractivity contribution is 5.71. The summed E-state index contributed by atoms with van der Waals surface area (Å²) in [5.41, 5.74) is 0.372. The molecule has 2 bridgehead atoms. The van der Waals surface area contributed by atoms with Gasteiger partial charge in [-0.25, -0.2) is 8.78 Å². The molecule has 0 spiro atoms. The fourth-order valence-corrected chi connectivity index (χ4v) is 4.18. The lowest BCUT2D eigenvalue weighted by Gasteiger charge is -2.42. The van der Waals surface area contributed by atoms with Gasteiger partial charge >= 0.3 is 0 Å². The van der Waals surface area contributed by atoms with E-state index in [9.17, 15) is 13.9 Å². The topological polar surface area (TPSA) is 106 Å². The normalized spacial score (nSPS) is 25.8. The molecule has 1 aromatic carbocycles. The van der Waals surface area contributed by atoms with E-state index < -0.39 is 18.1 Å². The molecule has 0 aliphatic carbocycles. The first-order valence-corrected chi connectivity index (χ1v) is 9.78. The van der Waals surface area contributed by atoms with Crippen LogP contribution < -0.4 is 10.1 Å². The number of hydrogen-bond acceptors (Lipinski definition) is 8. The molecule has 2 N–H and O–H groups in total. The number of benzene rings is 1. The number of nitrogens with zero attached hydrogens (tertiary/aromatic N) is 4. The van der Waals surface area contributed by atoms with Gasteiger partial charge in [-0.1, -0.05) is 6.42 Å².